The molecule has 3 aromatic rings. The Hall–Kier alpha value is -5.04. The van der Waals surface area contributed by atoms with E-state index in [2.05, 4.69) is 0 Å². The molecule has 3 rings (SSSR count). The van der Waals surface area contributed by atoms with Crippen molar-refractivity contribution in [2.45, 2.75) is 50.6 Å². The number of aromatic carboxylic acids is 1. The largest absolute Gasteiger partial charge is 0.478 e. The van der Waals surface area contributed by atoms with E-state index >= 15 is 0 Å². The maximum Gasteiger partial charge on any atom is 0.395 e. The van der Waals surface area contributed by atoms with Gasteiger partial charge in [0.15, 0.2) is 9.84 Å². The number of primary amides is 1. The van der Waals surface area contributed by atoms with Crippen molar-refractivity contribution >= 4 is 50.9 Å². The standard InChI is InChI=1S/C31H33N3O9S/c1-18(2)24-15-21(11-14-26(24)34(29(37)31(40)41)25-8-6-5-7-23(25)30(38)39)16-27(28(32)36)33(19(3)35)17-20-9-12-22(13-10-20)44(4,42)43/h5-15,18,27H,16-17H2,1-4H3,(H2,32,36)(H,38,39)(H,40,41)/t27-/m0/s1. The molecule has 0 unspecified atom stereocenters. The SMILES string of the molecule is CC(=O)N(Cc1ccc(S(C)(=O)=O)cc1)[C@@H](Cc1ccc(N(C(=O)C(=O)O)c2ccccc2C(=O)O)c(C(C)C)c1)C(N)=O. The second-order valence-corrected chi connectivity index (χ2v) is 12.5. The summed E-state index contributed by atoms with van der Waals surface area (Å²) in [5, 5.41) is 19.3. The highest BCUT2D eigenvalue weighted by Crippen LogP contribution is 2.36. The third-order valence-corrected chi connectivity index (χ3v) is 8.09. The smallest absolute Gasteiger partial charge is 0.395 e. The van der Waals surface area contributed by atoms with E-state index in [4.69, 9.17) is 5.73 Å². The molecule has 0 spiro atoms. The summed E-state index contributed by atoms with van der Waals surface area (Å²) in [4.78, 5) is 64.3. The minimum absolute atomic E-state index is 0.0328. The first-order chi connectivity index (χ1) is 20.5. The molecular formula is C31H33N3O9S. The first-order valence-electron chi connectivity index (χ1n) is 13.4. The number of para-hydroxylation sites is 1. The fourth-order valence-corrected chi connectivity index (χ4v) is 5.39. The molecule has 3 amide bonds. The highest BCUT2D eigenvalue weighted by atomic mass is 32.2. The predicted octanol–water partition coefficient (Wildman–Crippen LogP) is 3.11. The normalized spacial score (nSPS) is 11.9. The minimum Gasteiger partial charge on any atom is -0.478 e. The molecule has 0 radical (unpaired) electrons. The van der Waals surface area contributed by atoms with Crippen LogP contribution in [0, 0.1) is 0 Å². The summed E-state index contributed by atoms with van der Waals surface area (Å²) in [6.45, 7) is 4.83. The summed E-state index contributed by atoms with van der Waals surface area (Å²) in [6.07, 6.45) is 1.04. The molecule has 4 N–H and O–H groups in total. The van der Waals surface area contributed by atoms with Crippen molar-refractivity contribution in [3.05, 3.63) is 89.0 Å². The number of benzene rings is 3. The third kappa shape index (κ3) is 7.67. The minimum atomic E-state index is -3.43. The molecule has 0 heterocycles. The van der Waals surface area contributed by atoms with Gasteiger partial charge in [-0.05, 0) is 52.9 Å². The van der Waals surface area contributed by atoms with Crippen molar-refractivity contribution in [2.75, 3.05) is 11.2 Å². The zero-order chi connectivity index (χ0) is 32.9. The lowest BCUT2D eigenvalue weighted by atomic mass is 9.94. The van der Waals surface area contributed by atoms with E-state index in [9.17, 15) is 42.6 Å². The van der Waals surface area contributed by atoms with E-state index in [-0.39, 0.29) is 40.7 Å². The van der Waals surface area contributed by atoms with E-state index in [1.165, 1.54) is 54.3 Å². The quantitative estimate of drug-likeness (QED) is 0.269. The number of nitrogens with zero attached hydrogens (tertiary/aromatic N) is 2. The van der Waals surface area contributed by atoms with Crippen molar-refractivity contribution in [3.63, 3.8) is 0 Å². The van der Waals surface area contributed by atoms with Crippen LogP contribution in [0.1, 0.15) is 53.7 Å². The fourth-order valence-electron chi connectivity index (χ4n) is 4.76. The van der Waals surface area contributed by atoms with Gasteiger partial charge in [0.2, 0.25) is 11.8 Å². The van der Waals surface area contributed by atoms with Gasteiger partial charge < -0.3 is 20.8 Å². The van der Waals surface area contributed by atoms with Crippen LogP contribution in [0.25, 0.3) is 0 Å². The van der Waals surface area contributed by atoms with Gasteiger partial charge in [-0.15, -0.1) is 0 Å². The molecule has 12 nitrogen and oxygen atoms in total. The number of hydrogen-bond acceptors (Lipinski definition) is 7. The molecule has 232 valence electrons. The first kappa shape index (κ1) is 33.5. The van der Waals surface area contributed by atoms with E-state index in [0.29, 0.717) is 16.7 Å². The van der Waals surface area contributed by atoms with Crippen LogP contribution >= 0.6 is 0 Å². The molecule has 1 atom stereocenters. The molecule has 3 aromatic carbocycles. The zero-order valence-corrected chi connectivity index (χ0v) is 25.4. The Balaban J connectivity index is 2.06. The van der Waals surface area contributed by atoms with Crippen LogP contribution in [-0.2, 0) is 42.0 Å². The summed E-state index contributed by atoms with van der Waals surface area (Å²) < 4.78 is 23.6. The van der Waals surface area contributed by atoms with Gasteiger partial charge in [-0.2, -0.15) is 0 Å². The van der Waals surface area contributed by atoms with Crippen LogP contribution in [0.5, 0.6) is 0 Å². The summed E-state index contributed by atoms with van der Waals surface area (Å²) in [5.74, 6) is -6.06. The van der Waals surface area contributed by atoms with Crippen molar-refractivity contribution in [2.24, 2.45) is 5.73 Å². The number of carbonyl (C=O) groups is 5. The van der Waals surface area contributed by atoms with E-state index in [1.54, 1.807) is 38.1 Å². The van der Waals surface area contributed by atoms with Crippen LogP contribution in [0.4, 0.5) is 11.4 Å². The summed E-state index contributed by atoms with van der Waals surface area (Å²) >= 11 is 0. The summed E-state index contributed by atoms with van der Waals surface area (Å²) in [6, 6.07) is 15.0. The maximum absolute atomic E-state index is 13.0. The van der Waals surface area contributed by atoms with Gasteiger partial charge in [-0.3, -0.25) is 19.3 Å². The van der Waals surface area contributed by atoms with Crippen molar-refractivity contribution in [3.8, 4) is 0 Å². The number of sulfone groups is 1. The molecule has 0 aromatic heterocycles. The van der Waals surface area contributed by atoms with E-state index in [1.807, 2.05) is 0 Å². The number of carboxylic acid groups (broad SMARTS) is 2. The van der Waals surface area contributed by atoms with Crippen molar-refractivity contribution < 1.29 is 42.6 Å². The number of aliphatic carboxylic acids is 1. The highest BCUT2D eigenvalue weighted by molar-refractivity contribution is 7.90. The molecular weight excluding hydrogens is 590 g/mol. The number of carbonyl (C=O) groups excluding carboxylic acids is 3. The van der Waals surface area contributed by atoms with Crippen molar-refractivity contribution in [1.29, 1.82) is 0 Å². The molecule has 0 aliphatic carbocycles. The Morgan fingerprint density at radius 1 is 0.864 bits per heavy atom. The van der Waals surface area contributed by atoms with Gasteiger partial charge in [0.05, 0.1) is 21.8 Å². The fraction of sp³-hybridized carbons (Fsp3) is 0.258. The Morgan fingerprint density at radius 3 is 1.95 bits per heavy atom. The summed E-state index contributed by atoms with van der Waals surface area (Å²) in [7, 11) is -3.43. The van der Waals surface area contributed by atoms with E-state index < -0.39 is 45.5 Å². The Kier molecular flexibility index (Phi) is 10.3. The Morgan fingerprint density at radius 2 is 1.45 bits per heavy atom. The lowest BCUT2D eigenvalue weighted by Gasteiger charge is -2.30. The molecule has 0 bridgehead atoms. The number of amides is 3. The number of hydrogen-bond donors (Lipinski definition) is 3. The molecule has 0 aliphatic rings. The van der Waals surface area contributed by atoms with E-state index in [0.717, 1.165) is 11.2 Å². The third-order valence-electron chi connectivity index (χ3n) is 6.96. The second kappa shape index (κ2) is 13.5. The maximum atomic E-state index is 13.0. The Bertz CT molecular complexity index is 1720. The van der Waals surface area contributed by atoms with Gasteiger partial charge in [-0.25, -0.2) is 18.0 Å². The van der Waals surface area contributed by atoms with Gasteiger partial charge in [-0.1, -0.05) is 50.2 Å². The second-order valence-electron chi connectivity index (χ2n) is 10.5. The molecule has 0 saturated carbocycles. The van der Waals surface area contributed by atoms with Crippen LogP contribution < -0.4 is 10.6 Å². The summed E-state index contributed by atoms with van der Waals surface area (Å²) in [5.41, 5.74) is 7.04. The molecule has 0 saturated heterocycles. The number of rotatable bonds is 11. The van der Waals surface area contributed by atoms with Crippen molar-refractivity contribution in [1.82, 2.24) is 4.90 Å². The van der Waals surface area contributed by atoms with Gasteiger partial charge in [0.1, 0.15) is 6.04 Å². The lowest BCUT2D eigenvalue weighted by molar-refractivity contribution is -0.148. The van der Waals surface area contributed by atoms with Crippen LogP contribution in [0.15, 0.2) is 71.6 Å². The average Bonchev–Trinajstić information content (AvgIpc) is 2.95. The predicted molar refractivity (Wildman–Crippen MR) is 161 cm³/mol. The molecule has 0 fully saturated rings. The number of carboxylic acids is 2. The van der Waals surface area contributed by atoms with Gasteiger partial charge in [0.25, 0.3) is 0 Å². The zero-order valence-electron chi connectivity index (χ0n) is 24.6. The highest BCUT2D eigenvalue weighted by Gasteiger charge is 2.31. The molecule has 44 heavy (non-hydrogen) atoms. The Labute approximate surface area is 254 Å². The van der Waals surface area contributed by atoms with Gasteiger partial charge in [0, 0.05) is 26.1 Å². The average molecular weight is 624 g/mol. The van der Waals surface area contributed by atoms with Crippen LogP contribution in [0.2, 0.25) is 0 Å². The van der Waals surface area contributed by atoms with Crippen LogP contribution in [0.3, 0.4) is 0 Å². The first-order valence-corrected chi connectivity index (χ1v) is 15.3. The monoisotopic (exact) mass is 623 g/mol. The molecule has 0 aliphatic heterocycles. The number of nitrogens with two attached hydrogens (primary N) is 1. The van der Waals surface area contributed by atoms with Gasteiger partial charge >= 0.3 is 17.8 Å². The lowest BCUT2D eigenvalue weighted by Crippen LogP contribution is -2.48. The van der Waals surface area contributed by atoms with Crippen LogP contribution in [-0.4, -0.2) is 65.5 Å². The number of anilines is 2. The molecule has 13 heteroatoms. The topological polar surface area (TPSA) is 192 Å².